The SMILES string of the molecule is O=C(CN1C(=O)C(NC(=O)c2nccc3ccccc23)CC(=O)c2ccccc21)OCc1ccccc1. The van der Waals surface area contributed by atoms with Gasteiger partial charge in [-0.1, -0.05) is 66.7 Å². The zero-order valence-corrected chi connectivity index (χ0v) is 19.8. The lowest BCUT2D eigenvalue weighted by Crippen LogP contribution is -2.50. The van der Waals surface area contributed by atoms with Gasteiger partial charge in [0.25, 0.3) is 11.8 Å². The highest BCUT2D eigenvalue weighted by molar-refractivity contribution is 6.15. The van der Waals surface area contributed by atoms with Gasteiger partial charge in [-0.25, -0.2) is 0 Å². The van der Waals surface area contributed by atoms with Crippen molar-refractivity contribution in [1.82, 2.24) is 10.3 Å². The second-order valence-corrected chi connectivity index (χ2v) is 8.62. The van der Waals surface area contributed by atoms with Crippen molar-refractivity contribution in [3.8, 4) is 0 Å². The highest BCUT2D eigenvalue weighted by Crippen LogP contribution is 2.27. The van der Waals surface area contributed by atoms with Crippen LogP contribution in [0.15, 0.2) is 91.1 Å². The number of anilines is 1. The molecular weight excluding hydrogens is 470 g/mol. The van der Waals surface area contributed by atoms with E-state index in [0.29, 0.717) is 16.6 Å². The largest absolute Gasteiger partial charge is 0.459 e. The van der Waals surface area contributed by atoms with Crippen LogP contribution in [0, 0.1) is 0 Å². The highest BCUT2D eigenvalue weighted by atomic mass is 16.5. The smallest absolute Gasteiger partial charge is 0.326 e. The summed E-state index contributed by atoms with van der Waals surface area (Å²) < 4.78 is 5.38. The summed E-state index contributed by atoms with van der Waals surface area (Å²) in [6.07, 6.45) is 1.27. The Kier molecular flexibility index (Phi) is 6.72. The van der Waals surface area contributed by atoms with E-state index in [1.54, 1.807) is 42.5 Å². The van der Waals surface area contributed by atoms with Gasteiger partial charge in [0.05, 0.1) is 5.69 Å². The summed E-state index contributed by atoms with van der Waals surface area (Å²) in [5.74, 6) is -2.12. The molecule has 0 aliphatic carbocycles. The number of carbonyl (C=O) groups is 4. The zero-order valence-electron chi connectivity index (χ0n) is 19.8. The highest BCUT2D eigenvalue weighted by Gasteiger charge is 2.36. The van der Waals surface area contributed by atoms with E-state index in [1.165, 1.54) is 11.1 Å². The first kappa shape index (κ1) is 23.9. The maximum absolute atomic E-state index is 13.6. The number of hydrogen-bond donors (Lipinski definition) is 1. The van der Waals surface area contributed by atoms with Crippen LogP contribution >= 0.6 is 0 Å². The summed E-state index contributed by atoms with van der Waals surface area (Å²) in [6, 6.07) is 23.6. The van der Waals surface area contributed by atoms with Crippen molar-refractivity contribution in [3.05, 3.63) is 108 Å². The predicted molar refractivity (Wildman–Crippen MR) is 137 cm³/mol. The van der Waals surface area contributed by atoms with Gasteiger partial charge < -0.3 is 10.1 Å². The Bertz CT molecular complexity index is 1500. The first-order valence-electron chi connectivity index (χ1n) is 11.8. The monoisotopic (exact) mass is 493 g/mol. The molecule has 8 nitrogen and oxygen atoms in total. The van der Waals surface area contributed by atoms with E-state index in [4.69, 9.17) is 4.74 Å². The standard InChI is InChI=1S/C29H23N3O5/c33-25-16-23(31-28(35)27-21-11-5-4-10-20(21)14-15-30-27)29(36)32(24-13-7-6-12-22(24)25)17-26(34)37-18-19-8-2-1-3-9-19/h1-15,23H,16-18H2,(H,31,35). The Morgan fingerprint density at radius 1 is 0.919 bits per heavy atom. The molecule has 0 fully saturated rings. The summed E-state index contributed by atoms with van der Waals surface area (Å²) in [4.78, 5) is 58.0. The number of fused-ring (bicyclic) bond motifs is 2. The van der Waals surface area contributed by atoms with Crippen molar-refractivity contribution >= 4 is 40.0 Å². The van der Waals surface area contributed by atoms with Crippen LogP contribution < -0.4 is 10.2 Å². The lowest BCUT2D eigenvalue weighted by atomic mass is 10.0. The summed E-state index contributed by atoms with van der Waals surface area (Å²) >= 11 is 0. The van der Waals surface area contributed by atoms with E-state index in [9.17, 15) is 19.2 Å². The minimum Gasteiger partial charge on any atom is -0.459 e. The number of benzene rings is 3. The molecule has 1 aliphatic rings. The predicted octanol–water partition coefficient (Wildman–Crippen LogP) is 3.70. The summed E-state index contributed by atoms with van der Waals surface area (Å²) in [5.41, 5.74) is 1.55. The molecule has 3 aromatic carbocycles. The number of pyridine rings is 1. The van der Waals surface area contributed by atoms with Gasteiger partial charge >= 0.3 is 5.97 Å². The Hall–Kier alpha value is -4.85. The molecule has 1 N–H and O–H groups in total. The molecule has 1 atom stereocenters. The number of rotatable bonds is 6. The number of carbonyl (C=O) groups excluding carboxylic acids is 4. The van der Waals surface area contributed by atoms with Crippen molar-refractivity contribution < 1.29 is 23.9 Å². The van der Waals surface area contributed by atoms with Crippen molar-refractivity contribution in [1.29, 1.82) is 0 Å². The third-order valence-corrected chi connectivity index (χ3v) is 6.17. The van der Waals surface area contributed by atoms with Gasteiger partial charge in [0.1, 0.15) is 24.9 Å². The number of para-hydroxylation sites is 1. The van der Waals surface area contributed by atoms with Crippen LogP contribution in [0.3, 0.4) is 0 Å². The average molecular weight is 494 g/mol. The zero-order chi connectivity index (χ0) is 25.8. The molecule has 4 aromatic rings. The van der Waals surface area contributed by atoms with Gasteiger partial charge in [-0.2, -0.15) is 0 Å². The fraction of sp³-hybridized carbons (Fsp3) is 0.138. The van der Waals surface area contributed by atoms with Crippen molar-refractivity contribution in [2.75, 3.05) is 11.4 Å². The first-order valence-corrected chi connectivity index (χ1v) is 11.8. The van der Waals surface area contributed by atoms with E-state index >= 15 is 0 Å². The van der Waals surface area contributed by atoms with Crippen molar-refractivity contribution in [3.63, 3.8) is 0 Å². The van der Waals surface area contributed by atoms with E-state index in [-0.39, 0.29) is 24.5 Å². The summed E-state index contributed by atoms with van der Waals surface area (Å²) in [5, 5.41) is 4.12. The van der Waals surface area contributed by atoms with Crippen LogP contribution in [-0.2, 0) is 20.9 Å². The molecular formula is C29H23N3O5. The summed E-state index contributed by atoms with van der Waals surface area (Å²) in [7, 11) is 0. The lowest BCUT2D eigenvalue weighted by molar-refractivity contribution is -0.144. The molecule has 37 heavy (non-hydrogen) atoms. The normalized spacial score (nSPS) is 15.1. The molecule has 0 bridgehead atoms. The van der Waals surface area contributed by atoms with Gasteiger partial charge in [-0.05, 0) is 29.1 Å². The van der Waals surface area contributed by atoms with Crippen LogP contribution in [0.5, 0.6) is 0 Å². The van der Waals surface area contributed by atoms with E-state index in [0.717, 1.165) is 10.9 Å². The molecule has 1 unspecified atom stereocenters. The van der Waals surface area contributed by atoms with Gasteiger partial charge in [0.15, 0.2) is 5.78 Å². The molecule has 1 aromatic heterocycles. The fourth-order valence-corrected chi connectivity index (χ4v) is 4.35. The van der Waals surface area contributed by atoms with Gasteiger partial charge in [-0.15, -0.1) is 0 Å². The van der Waals surface area contributed by atoms with Crippen LogP contribution in [0.2, 0.25) is 0 Å². The number of nitrogens with zero attached hydrogens (tertiary/aromatic N) is 2. The van der Waals surface area contributed by atoms with Gasteiger partial charge in [0.2, 0.25) is 0 Å². The average Bonchev–Trinajstić information content (AvgIpc) is 3.02. The third-order valence-electron chi connectivity index (χ3n) is 6.17. The molecule has 0 spiro atoms. The first-order chi connectivity index (χ1) is 18.0. The molecule has 184 valence electrons. The molecule has 0 saturated carbocycles. The quantitative estimate of drug-likeness (QED) is 0.411. The fourth-order valence-electron chi connectivity index (χ4n) is 4.35. The lowest BCUT2D eigenvalue weighted by Gasteiger charge is -2.25. The van der Waals surface area contributed by atoms with E-state index in [1.807, 2.05) is 42.5 Å². The third kappa shape index (κ3) is 5.08. The Balaban J connectivity index is 1.40. The van der Waals surface area contributed by atoms with Gasteiger partial charge in [-0.3, -0.25) is 29.1 Å². The number of aromatic nitrogens is 1. The maximum Gasteiger partial charge on any atom is 0.326 e. The molecule has 0 radical (unpaired) electrons. The van der Waals surface area contributed by atoms with Crippen LogP contribution in [-0.4, -0.2) is 41.1 Å². The second-order valence-electron chi connectivity index (χ2n) is 8.62. The number of ether oxygens (including phenoxy) is 1. The van der Waals surface area contributed by atoms with Crippen LogP contribution in [0.25, 0.3) is 10.8 Å². The van der Waals surface area contributed by atoms with E-state index in [2.05, 4.69) is 10.3 Å². The number of ketones is 1. The minimum atomic E-state index is -1.19. The Morgan fingerprint density at radius 3 is 2.49 bits per heavy atom. The van der Waals surface area contributed by atoms with Crippen LogP contribution in [0.4, 0.5) is 5.69 Å². The molecule has 2 heterocycles. The number of esters is 1. The molecule has 0 saturated heterocycles. The Labute approximate surface area is 212 Å². The molecule has 8 heteroatoms. The molecule has 1 aliphatic heterocycles. The molecule has 2 amide bonds. The van der Waals surface area contributed by atoms with Crippen molar-refractivity contribution in [2.45, 2.75) is 19.1 Å². The number of amides is 2. The van der Waals surface area contributed by atoms with Crippen LogP contribution in [0.1, 0.15) is 32.8 Å². The minimum absolute atomic E-state index is 0.0508. The number of Topliss-reactive ketones (excluding diaryl/α,β-unsaturated/α-hetero) is 1. The maximum atomic E-state index is 13.6. The Morgan fingerprint density at radius 2 is 1.65 bits per heavy atom. The van der Waals surface area contributed by atoms with Crippen molar-refractivity contribution in [2.24, 2.45) is 0 Å². The summed E-state index contributed by atoms with van der Waals surface area (Å²) in [6.45, 7) is -0.357. The number of hydrogen-bond acceptors (Lipinski definition) is 6. The second kappa shape index (κ2) is 10.4. The van der Waals surface area contributed by atoms with Gasteiger partial charge in [0, 0.05) is 23.6 Å². The van der Waals surface area contributed by atoms with E-state index < -0.39 is 30.4 Å². The number of nitrogens with one attached hydrogen (secondary N) is 1. The topological polar surface area (TPSA) is 106 Å². The molecule has 5 rings (SSSR count).